The van der Waals surface area contributed by atoms with Gasteiger partial charge in [-0.3, -0.25) is 19.8 Å². The monoisotopic (exact) mass is 372 g/mol. The maximum Gasteiger partial charge on any atom is 0.270 e. The van der Waals surface area contributed by atoms with Crippen LogP contribution in [0.15, 0.2) is 48.0 Å². The van der Waals surface area contributed by atoms with Crippen LogP contribution in [0.3, 0.4) is 0 Å². The van der Waals surface area contributed by atoms with E-state index in [4.69, 9.17) is 17.0 Å². The van der Waals surface area contributed by atoms with Gasteiger partial charge in [-0.05, 0) is 60.3 Å². The Morgan fingerprint density at radius 1 is 1.19 bits per heavy atom. The highest BCUT2D eigenvalue weighted by atomic mass is 32.1. The molecule has 1 aliphatic rings. The molecule has 1 heterocycles. The van der Waals surface area contributed by atoms with E-state index in [9.17, 15) is 19.1 Å². The largest absolute Gasteiger partial charge is 0.504 e. The first-order valence-electron chi connectivity index (χ1n) is 7.44. The Morgan fingerprint density at radius 2 is 1.88 bits per heavy atom. The van der Waals surface area contributed by atoms with Crippen molar-refractivity contribution in [2.45, 2.75) is 0 Å². The summed E-state index contributed by atoms with van der Waals surface area (Å²) in [6.45, 7) is 0. The van der Waals surface area contributed by atoms with Gasteiger partial charge in [0.15, 0.2) is 16.6 Å². The van der Waals surface area contributed by atoms with E-state index in [1.54, 1.807) is 0 Å². The summed E-state index contributed by atoms with van der Waals surface area (Å²) in [6.07, 6.45) is 1.36. The minimum absolute atomic E-state index is 0.0665. The molecule has 2 aromatic carbocycles. The number of methoxy groups -OCH3 is 1. The highest BCUT2D eigenvalue weighted by Crippen LogP contribution is 2.28. The molecule has 0 atom stereocenters. The second-order valence-corrected chi connectivity index (χ2v) is 5.75. The normalized spacial score (nSPS) is 16.0. The smallest absolute Gasteiger partial charge is 0.270 e. The lowest BCUT2D eigenvalue weighted by molar-refractivity contribution is -0.122. The maximum atomic E-state index is 13.1. The Balaban J connectivity index is 2.01. The zero-order valence-electron chi connectivity index (χ0n) is 13.5. The first kappa shape index (κ1) is 17.6. The van der Waals surface area contributed by atoms with Crippen molar-refractivity contribution in [1.82, 2.24) is 5.32 Å². The van der Waals surface area contributed by atoms with Gasteiger partial charge in [0.25, 0.3) is 11.8 Å². The first-order valence-corrected chi connectivity index (χ1v) is 7.85. The molecule has 1 saturated heterocycles. The number of phenols is 1. The SMILES string of the molecule is COc1cc(/C=C2\C(=O)NC(=S)N(c3ccc(F)cc3)C2=O)ccc1O. The predicted octanol–water partition coefficient (Wildman–Crippen LogP) is 2.37. The molecule has 0 saturated carbocycles. The molecule has 0 bridgehead atoms. The molecule has 0 spiro atoms. The molecule has 132 valence electrons. The third-order valence-corrected chi connectivity index (χ3v) is 3.99. The van der Waals surface area contributed by atoms with Gasteiger partial charge in [0.05, 0.1) is 12.8 Å². The minimum Gasteiger partial charge on any atom is -0.504 e. The molecule has 3 rings (SSSR count). The number of rotatable bonds is 3. The van der Waals surface area contributed by atoms with Crippen LogP contribution in [-0.4, -0.2) is 29.1 Å². The zero-order valence-corrected chi connectivity index (χ0v) is 14.3. The van der Waals surface area contributed by atoms with Crippen LogP contribution in [0.1, 0.15) is 5.56 Å². The van der Waals surface area contributed by atoms with Crippen molar-refractivity contribution in [1.29, 1.82) is 0 Å². The molecule has 0 aromatic heterocycles. The van der Waals surface area contributed by atoms with Crippen molar-refractivity contribution in [3.05, 3.63) is 59.4 Å². The number of thiocarbonyl (C=S) groups is 1. The van der Waals surface area contributed by atoms with Crippen molar-refractivity contribution in [3.63, 3.8) is 0 Å². The third-order valence-electron chi connectivity index (χ3n) is 3.70. The van der Waals surface area contributed by atoms with Crippen LogP contribution >= 0.6 is 12.2 Å². The summed E-state index contributed by atoms with van der Waals surface area (Å²) in [5.41, 5.74) is 0.649. The molecule has 26 heavy (non-hydrogen) atoms. The average Bonchev–Trinajstić information content (AvgIpc) is 2.61. The Morgan fingerprint density at radius 3 is 2.54 bits per heavy atom. The number of ether oxygens (including phenoxy) is 1. The molecule has 2 N–H and O–H groups in total. The number of benzene rings is 2. The lowest BCUT2D eigenvalue weighted by atomic mass is 10.1. The van der Waals surface area contributed by atoms with E-state index in [-0.39, 0.29) is 22.2 Å². The van der Waals surface area contributed by atoms with Crippen LogP contribution in [0, 0.1) is 5.82 Å². The zero-order chi connectivity index (χ0) is 18.8. The van der Waals surface area contributed by atoms with Crippen molar-refractivity contribution in [3.8, 4) is 11.5 Å². The molecule has 8 heteroatoms. The fraction of sp³-hybridized carbons (Fsp3) is 0.0556. The van der Waals surface area contributed by atoms with Crippen LogP contribution in [0.25, 0.3) is 6.08 Å². The molecule has 1 aliphatic heterocycles. The van der Waals surface area contributed by atoms with Crippen LogP contribution < -0.4 is 15.0 Å². The van der Waals surface area contributed by atoms with Gasteiger partial charge in [-0.1, -0.05) is 6.07 Å². The average molecular weight is 372 g/mol. The maximum absolute atomic E-state index is 13.1. The fourth-order valence-corrected chi connectivity index (χ4v) is 2.71. The standard InChI is InChI=1S/C18H13FN2O4S/c1-25-15-9-10(2-7-14(15)22)8-13-16(23)20-18(26)21(17(13)24)12-5-3-11(19)4-6-12/h2-9,22H,1H3,(H,20,23,26)/b13-8+. The van der Waals surface area contributed by atoms with E-state index in [1.165, 1.54) is 55.7 Å². The van der Waals surface area contributed by atoms with Crippen LogP contribution in [0.2, 0.25) is 0 Å². The number of aromatic hydroxyl groups is 1. The van der Waals surface area contributed by atoms with Gasteiger partial charge in [-0.2, -0.15) is 0 Å². The second kappa shape index (κ2) is 6.93. The van der Waals surface area contributed by atoms with E-state index < -0.39 is 17.6 Å². The number of carbonyl (C=O) groups excluding carboxylic acids is 2. The van der Waals surface area contributed by atoms with E-state index >= 15 is 0 Å². The summed E-state index contributed by atoms with van der Waals surface area (Å²) in [6, 6.07) is 9.56. The number of anilines is 1. The first-order chi connectivity index (χ1) is 12.4. The number of halogens is 1. The van der Waals surface area contributed by atoms with Crippen LogP contribution in [-0.2, 0) is 9.59 Å². The Labute approximate surface area is 153 Å². The number of phenolic OH excluding ortho intramolecular Hbond substituents is 1. The number of nitrogens with zero attached hydrogens (tertiary/aromatic N) is 1. The van der Waals surface area contributed by atoms with E-state index in [0.717, 1.165) is 4.90 Å². The lowest BCUT2D eigenvalue weighted by Gasteiger charge is -2.28. The molecule has 0 unspecified atom stereocenters. The lowest BCUT2D eigenvalue weighted by Crippen LogP contribution is -2.54. The highest BCUT2D eigenvalue weighted by Gasteiger charge is 2.34. The molecule has 2 amide bonds. The summed E-state index contributed by atoms with van der Waals surface area (Å²) < 4.78 is 18.1. The Bertz CT molecular complexity index is 941. The quantitative estimate of drug-likeness (QED) is 0.491. The summed E-state index contributed by atoms with van der Waals surface area (Å²) >= 11 is 5.07. The van der Waals surface area contributed by atoms with E-state index in [2.05, 4.69) is 5.32 Å². The van der Waals surface area contributed by atoms with Crippen LogP contribution in [0.4, 0.5) is 10.1 Å². The number of hydrogen-bond acceptors (Lipinski definition) is 5. The van der Waals surface area contributed by atoms with Gasteiger partial charge in [0, 0.05) is 0 Å². The summed E-state index contributed by atoms with van der Waals surface area (Å²) in [5.74, 6) is -1.61. The van der Waals surface area contributed by atoms with Gasteiger partial charge in [-0.15, -0.1) is 0 Å². The number of hydrogen-bond donors (Lipinski definition) is 2. The molecule has 0 radical (unpaired) electrons. The number of amides is 2. The van der Waals surface area contributed by atoms with Crippen molar-refractivity contribution >= 4 is 40.9 Å². The van der Waals surface area contributed by atoms with Gasteiger partial charge >= 0.3 is 0 Å². The molecule has 2 aromatic rings. The molecule has 6 nitrogen and oxygen atoms in total. The fourth-order valence-electron chi connectivity index (χ4n) is 2.43. The minimum atomic E-state index is -0.648. The Kier molecular flexibility index (Phi) is 4.68. The van der Waals surface area contributed by atoms with Gasteiger partial charge < -0.3 is 9.84 Å². The highest BCUT2D eigenvalue weighted by molar-refractivity contribution is 7.80. The summed E-state index contributed by atoms with van der Waals surface area (Å²) in [5, 5.41) is 12.0. The Hall–Kier alpha value is -3.26. The predicted molar refractivity (Wildman–Crippen MR) is 97.3 cm³/mol. The molecule has 1 fully saturated rings. The molecular formula is C18H13FN2O4S. The summed E-state index contributed by atoms with van der Waals surface area (Å²) in [4.78, 5) is 26.1. The molecular weight excluding hydrogens is 359 g/mol. The van der Waals surface area contributed by atoms with E-state index in [1.807, 2.05) is 0 Å². The van der Waals surface area contributed by atoms with Crippen molar-refractivity contribution in [2.75, 3.05) is 12.0 Å². The number of carbonyl (C=O) groups is 2. The van der Waals surface area contributed by atoms with Gasteiger partial charge in [-0.25, -0.2) is 4.39 Å². The van der Waals surface area contributed by atoms with Gasteiger partial charge in [0.2, 0.25) is 0 Å². The van der Waals surface area contributed by atoms with Crippen molar-refractivity contribution < 1.29 is 23.8 Å². The summed E-state index contributed by atoms with van der Waals surface area (Å²) in [7, 11) is 1.39. The second-order valence-electron chi connectivity index (χ2n) is 5.37. The van der Waals surface area contributed by atoms with Gasteiger partial charge in [0.1, 0.15) is 11.4 Å². The molecule has 0 aliphatic carbocycles. The van der Waals surface area contributed by atoms with Crippen molar-refractivity contribution in [2.24, 2.45) is 0 Å². The van der Waals surface area contributed by atoms with E-state index in [0.29, 0.717) is 11.3 Å². The third kappa shape index (κ3) is 3.27. The van der Waals surface area contributed by atoms with Crippen LogP contribution in [0.5, 0.6) is 11.5 Å². The number of nitrogens with one attached hydrogen (secondary N) is 1. The topological polar surface area (TPSA) is 78.9 Å².